The largest absolute Gasteiger partial charge is 0.388 e. The Labute approximate surface area is 121 Å². The van der Waals surface area contributed by atoms with Crippen LogP contribution in [0.4, 0.5) is 4.39 Å². The van der Waals surface area contributed by atoms with Gasteiger partial charge in [-0.25, -0.2) is 4.39 Å². The van der Waals surface area contributed by atoms with Gasteiger partial charge in [-0.15, -0.1) is 0 Å². The van der Waals surface area contributed by atoms with Crippen molar-refractivity contribution in [1.82, 2.24) is 0 Å². The van der Waals surface area contributed by atoms with E-state index in [2.05, 4.69) is 0 Å². The second-order valence-electron chi connectivity index (χ2n) is 4.43. The summed E-state index contributed by atoms with van der Waals surface area (Å²) in [5.41, 5.74) is 2.26. The van der Waals surface area contributed by atoms with Crippen LogP contribution in [0.15, 0.2) is 36.4 Å². The molecule has 1 unspecified atom stereocenters. The highest BCUT2D eigenvalue weighted by molar-refractivity contribution is 6.42. The standard InChI is InChI=1S/C15H13Cl2FO/c1-9-7-11(18)6-5-10(9)8-14(19)12-3-2-4-13(16)15(12)17/h2-7,14,19H,8H2,1H3. The van der Waals surface area contributed by atoms with Crippen molar-refractivity contribution in [2.45, 2.75) is 19.4 Å². The summed E-state index contributed by atoms with van der Waals surface area (Å²) in [5.74, 6) is -0.281. The van der Waals surface area contributed by atoms with Crippen molar-refractivity contribution in [1.29, 1.82) is 0 Å². The summed E-state index contributed by atoms with van der Waals surface area (Å²) in [5, 5.41) is 11.0. The molecule has 0 aromatic heterocycles. The first kappa shape index (κ1) is 14.3. The van der Waals surface area contributed by atoms with Crippen LogP contribution in [0, 0.1) is 12.7 Å². The van der Waals surface area contributed by atoms with E-state index >= 15 is 0 Å². The molecule has 2 aromatic carbocycles. The monoisotopic (exact) mass is 298 g/mol. The molecule has 4 heteroatoms. The van der Waals surface area contributed by atoms with Crippen molar-refractivity contribution < 1.29 is 9.50 Å². The lowest BCUT2D eigenvalue weighted by molar-refractivity contribution is 0.178. The molecule has 0 saturated carbocycles. The molecule has 19 heavy (non-hydrogen) atoms. The van der Waals surface area contributed by atoms with Crippen LogP contribution in [0.1, 0.15) is 22.8 Å². The summed E-state index contributed by atoms with van der Waals surface area (Å²) in [4.78, 5) is 0. The molecule has 1 N–H and O–H groups in total. The Morgan fingerprint density at radius 1 is 1.21 bits per heavy atom. The highest BCUT2D eigenvalue weighted by Gasteiger charge is 2.15. The maximum absolute atomic E-state index is 13.0. The van der Waals surface area contributed by atoms with Gasteiger partial charge in [-0.1, -0.05) is 41.4 Å². The molecule has 0 bridgehead atoms. The minimum Gasteiger partial charge on any atom is -0.388 e. The van der Waals surface area contributed by atoms with Crippen LogP contribution in [0.3, 0.4) is 0 Å². The Kier molecular flexibility index (Phi) is 4.46. The molecule has 2 aromatic rings. The summed E-state index contributed by atoms with van der Waals surface area (Å²) < 4.78 is 13.0. The van der Waals surface area contributed by atoms with Crippen molar-refractivity contribution in [3.8, 4) is 0 Å². The average molecular weight is 299 g/mol. The second kappa shape index (κ2) is 5.91. The SMILES string of the molecule is Cc1cc(F)ccc1CC(O)c1cccc(Cl)c1Cl. The smallest absolute Gasteiger partial charge is 0.123 e. The summed E-state index contributed by atoms with van der Waals surface area (Å²) >= 11 is 12.0. The van der Waals surface area contributed by atoms with E-state index in [-0.39, 0.29) is 5.82 Å². The fraction of sp³-hybridized carbons (Fsp3) is 0.200. The predicted octanol–water partition coefficient (Wildman–Crippen LogP) is 4.72. The maximum Gasteiger partial charge on any atom is 0.123 e. The van der Waals surface area contributed by atoms with E-state index < -0.39 is 6.10 Å². The lowest BCUT2D eigenvalue weighted by Crippen LogP contribution is -2.04. The van der Waals surface area contributed by atoms with E-state index in [4.69, 9.17) is 23.2 Å². The van der Waals surface area contributed by atoms with E-state index in [1.54, 1.807) is 24.3 Å². The molecule has 1 atom stereocenters. The summed E-state index contributed by atoms with van der Waals surface area (Å²) in [6.07, 6.45) is -0.401. The minimum atomic E-state index is -0.768. The third-order valence-corrected chi connectivity index (χ3v) is 3.89. The Morgan fingerprint density at radius 3 is 2.63 bits per heavy atom. The molecule has 0 heterocycles. The van der Waals surface area contributed by atoms with E-state index in [1.165, 1.54) is 12.1 Å². The van der Waals surface area contributed by atoms with Gasteiger partial charge in [-0.05, 0) is 36.2 Å². The van der Waals surface area contributed by atoms with Gasteiger partial charge in [0, 0.05) is 12.0 Å². The van der Waals surface area contributed by atoms with Gasteiger partial charge in [0.1, 0.15) is 5.82 Å². The number of halogens is 3. The van der Waals surface area contributed by atoms with Gasteiger partial charge in [0.2, 0.25) is 0 Å². The van der Waals surface area contributed by atoms with Crippen molar-refractivity contribution in [3.63, 3.8) is 0 Å². The number of hydrogen-bond donors (Lipinski definition) is 1. The third kappa shape index (κ3) is 3.27. The van der Waals surface area contributed by atoms with Crippen LogP contribution in [-0.2, 0) is 6.42 Å². The topological polar surface area (TPSA) is 20.2 Å². The van der Waals surface area contributed by atoms with E-state index in [1.807, 2.05) is 6.92 Å². The maximum atomic E-state index is 13.0. The number of aliphatic hydroxyl groups excluding tert-OH is 1. The summed E-state index contributed by atoms with van der Waals surface area (Å²) in [7, 11) is 0. The number of benzene rings is 2. The molecule has 0 aliphatic heterocycles. The lowest BCUT2D eigenvalue weighted by atomic mass is 9.98. The first-order valence-electron chi connectivity index (χ1n) is 5.86. The minimum absolute atomic E-state index is 0.281. The van der Waals surface area contributed by atoms with Gasteiger partial charge in [-0.2, -0.15) is 0 Å². The van der Waals surface area contributed by atoms with Crippen LogP contribution in [-0.4, -0.2) is 5.11 Å². The zero-order valence-electron chi connectivity index (χ0n) is 10.3. The Morgan fingerprint density at radius 2 is 1.95 bits per heavy atom. The molecule has 0 saturated heterocycles. The van der Waals surface area contributed by atoms with Crippen molar-refractivity contribution >= 4 is 23.2 Å². The van der Waals surface area contributed by atoms with Crippen LogP contribution >= 0.6 is 23.2 Å². The van der Waals surface area contributed by atoms with E-state index in [9.17, 15) is 9.50 Å². The Bertz CT molecular complexity index is 599. The van der Waals surface area contributed by atoms with Gasteiger partial charge in [0.05, 0.1) is 16.1 Å². The molecule has 1 nitrogen and oxygen atoms in total. The molecule has 0 amide bonds. The Balaban J connectivity index is 2.25. The normalized spacial score (nSPS) is 12.5. The van der Waals surface area contributed by atoms with Crippen molar-refractivity contribution in [3.05, 3.63) is 69.0 Å². The van der Waals surface area contributed by atoms with Gasteiger partial charge in [0.25, 0.3) is 0 Å². The zero-order valence-corrected chi connectivity index (χ0v) is 11.8. The lowest BCUT2D eigenvalue weighted by Gasteiger charge is -2.15. The van der Waals surface area contributed by atoms with Crippen LogP contribution in [0.2, 0.25) is 10.0 Å². The predicted molar refractivity (Wildman–Crippen MR) is 76.3 cm³/mol. The highest BCUT2D eigenvalue weighted by Crippen LogP contribution is 2.31. The van der Waals surface area contributed by atoms with Gasteiger partial charge >= 0.3 is 0 Å². The number of aliphatic hydroxyl groups is 1. The molecular weight excluding hydrogens is 286 g/mol. The number of hydrogen-bond acceptors (Lipinski definition) is 1. The summed E-state index contributed by atoms with van der Waals surface area (Å²) in [6, 6.07) is 9.65. The fourth-order valence-electron chi connectivity index (χ4n) is 1.98. The van der Waals surface area contributed by atoms with Crippen LogP contribution in [0.25, 0.3) is 0 Å². The number of rotatable bonds is 3. The second-order valence-corrected chi connectivity index (χ2v) is 5.22. The zero-order chi connectivity index (χ0) is 14.0. The van der Waals surface area contributed by atoms with Gasteiger partial charge in [-0.3, -0.25) is 0 Å². The average Bonchev–Trinajstić information content (AvgIpc) is 2.36. The summed E-state index contributed by atoms with van der Waals surface area (Å²) in [6.45, 7) is 1.81. The quantitative estimate of drug-likeness (QED) is 0.869. The fourth-order valence-corrected chi connectivity index (χ4v) is 2.42. The first-order valence-corrected chi connectivity index (χ1v) is 6.61. The molecular formula is C15H13Cl2FO. The van der Waals surface area contributed by atoms with E-state index in [0.717, 1.165) is 11.1 Å². The third-order valence-electron chi connectivity index (χ3n) is 3.06. The van der Waals surface area contributed by atoms with Crippen LogP contribution in [0.5, 0.6) is 0 Å². The van der Waals surface area contributed by atoms with E-state index in [0.29, 0.717) is 22.0 Å². The highest BCUT2D eigenvalue weighted by atomic mass is 35.5. The van der Waals surface area contributed by atoms with Gasteiger partial charge < -0.3 is 5.11 Å². The molecule has 0 spiro atoms. The van der Waals surface area contributed by atoms with Crippen molar-refractivity contribution in [2.75, 3.05) is 0 Å². The molecule has 0 aliphatic rings. The van der Waals surface area contributed by atoms with Gasteiger partial charge in [0.15, 0.2) is 0 Å². The first-order chi connectivity index (χ1) is 8.99. The molecule has 100 valence electrons. The van der Waals surface area contributed by atoms with Crippen LogP contribution < -0.4 is 0 Å². The molecule has 0 fully saturated rings. The Hall–Kier alpha value is -1.09. The number of aryl methyl sites for hydroxylation is 1. The molecule has 2 rings (SSSR count). The van der Waals surface area contributed by atoms with Crippen molar-refractivity contribution in [2.24, 2.45) is 0 Å². The molecule has 0 radical (unpaired) electrons. The molecule has 0 aliphatic carbocycles.